The van der Waals surface area contributed by atoms with E-state index in [4.69, 9.17) is 19.4 Å². The maximum atomic E-state index is 13.8. The number of benzene rings is 1. The molecule has 4 rings (SSSR count). The van der Waals surface area contributed by atoms with E-state index in [0.717, 1.165) is 6.42 Å². The van der Waals surface area contributed by atoms with Gasteiger partial charge in [0.25, 0.3) is 0 Å². The first-order valence-corrected chi connectivity index (χ1v) is 15.2. The van der Waals surface area contributed by atoms with Crippen LogP contribution in [0.4, 0.5) is 16.3 Å². The van der Waals surface area contributed by atoms with Crippen molar-refractivity contribution in [2.45, 2.75) is 50.3 Å². The van der Waals surface area contributed by atoms with Gasteiger partial charge in [-0.1, -0.05) is 6.92 Å². The van der Waals surface area contributed by atoms with Gasteiger partial charge in [0.2, 0.25) is 0 Å². The smallest absolute Gasteiger partial charge is 0.319 e. The summed E-state index contributed by atoms with van der Waals surface area (Å²) in [5.41, 5.74) is 1.77. The number of aliphatic hydroxyl groups is 1. The minimum Gasteiger partial charge on any atom is -0.396 e. The summed E-state index contributed by atoms with van der Waals surface area (Å²) < 4.78 is 37.5. The Labute approximate surface area is 230 Å². The van der Waals surface area contributed by atoms with E-state index in [0.29, 0.717) is 68.1 Å². The van der Waals surface area contributed by atoms with Crippen molar-refractivity contribution in [1.29, 1.82) is 0 Å². The molecule has 12 heteroatoms. The molecule has 2 aliphatic heterocycles. The highest BCUT2D eigenvalue weighted by Gasteiger charge is 2.48. The highest BCUT2D eigenvalue weighted by Crippen LogP contribution is 2.42. The average Bonchev–Trinajstić information content (AvgIpc) is 2.95. The third-order valence-corrected chi connectivity index (χ3v) is 9.88. The maximum Gasteiger partial charge on any atom is 0.319 e. The summed E-state index contributed by atoms with van der Waals surface area (Å²) in [6.07, 6.45) is 1.57. The van der Waals surface area contributed by atoms with E-state index in [-0.39, 0.29) is 43.7 Å². The molecule has 2 fully saturated rings. The summed E-state index contributed by atoms with van der Waals surface area (Å²) >= 11 is 0. The number of amides is 2. The fourth-order valence-electron chi connectivity index (χ4n) is 5.01. The van der Waals surface area contributed by atoms with Crippen LogP contribution in [0.15, 0.2) is 30.3 Å². The lowest BCUT2D eigenvalue weighted by Crippen LogP contribution is -2.46. The number of nitrogens with zero attached hydrogens (tertiary/aromatic N) is 3. The number of hydrogen-bond donors (Lipinski definition) is 3. The van der Waals surface area contributed by atoms with Crippen LogP contribution < -0.4 is 15.5 Å². The number of hydrogen-bond acceptors (Lipinski definition) is 9. The molecule has 214 valence electrons. The minimum atomic E-state index is -3.68. The average molecular weight is 562 g/mol. The monoisotopic (exact) mass is 561 g/mol. The first kappa shape index (κ1) is 29.2. The van der Waals surface area contributed by atoms with Crippen molar-refractivity contribution in [2.75, 3.05) is 62.1 Å². The third-order valence-electron chi connectivity index (χ3n) is 7.24. The van der Waals surface area contributed by atoms with E-state index >= 15 is 0 Å². The Morgan fingerprint density at radius 1 is 1.15 bits per heavy atom. The molecule has 1 atom stereocenters. The van der Waals surface area contributed by atoms with Gasteiger partial charge >= 0.3 is 6.03 Å². The Morgan fingerprint density at radius 3 is 2.56 bits per heavy atom. The standard InChI is InChI=1S/C27H39N5O6S/c1-3-11-28-26(34)29-22-7-5-21(6-8-22)25-30-23(18-24(31-25)32-12-16-38-19-20(32)2)27(9-14-37-15-10-27)39(35,36)17-4-13-33/h5-8,18,20,33H,3-4,9-17,19H2,1-2H3,(H2,28,29,34)/t20-/m0/s1. The number of rotatable bonds is 10. The number of ether oxygens (including phenoxy) is 2. The number of aliphatic hydroxyl groups excluding tert-OH is 1. The molecule has 0 spiro atoms. The third kappa shape index (κ3) is 6.68. The molecule has 2 saturated heterocycles. The summed E-state index contributed by atoms with van der Waals surface area (Å²) in [5, 5.41) is 15.0. The molecule has 2 aliphatic rings. The predicted molar refractivity (Wildman–Crippen MR) is 150 cm³/mol. The number of nitrogens with one attached hydrogen (secondary N) is 2. The number of sulfone groups is 1. The largest absolute Gasteiger partial charge is 0.396 e. The molecule has 2 amide bonds. The summed E-state index contributed by atoms with van der Waals surface area (Å²) in [5.74, 6) is 0.925. The molecule has 11 nitrogen and oxygen atoms in total. The fourth-order valence-corrected chi connectivity index (χ4v) is 7.12. The zero-order chi connectivity index (χ0) is 27.9. The van der Waals surface area contributed by atoms with Crippen LogP contribution >= 0.6 is 0 Å². The van der Waals surface area contributed by atoms with Crippen molar-refractivity contribution >= 4 is 27.4 Å². The molecule has 39 heavy (non-hydrogen) atoms. The van der Waals surface area contributed by atoms with Crippen LogP contribution in [0.5, 0.6) is 0 Å². The van der Waals surface area contributed by atoms with Crippen LogP contribution in [-0.4, -0.2) is 87.4 Å². The zero-order valence-electron chi connectivity index (χ0n) is 22.7. The molecule has 0 bridgehead atoms. The lowest BCUT2D eigenvalue weighted by atomic mass is 9.94. The van der Waals surface area contributed by atoms with E-state index in [9.17, 15) is 18.3 Å². The number of carbonyl (C=O) groups excluding carboxylic acids is 1. The van der Waals surface area contributed by atoms with Gasteiger partial charge in [-0.2, -0.15) is 0 Å². The number of anilines is 2. The minimum absolute atomic E-state index is 0.0548. The highest BCUT2D eigenvalue weighted by atomic mass is 32.2. The first-order chi connectivity index (χ1) is 18.8. The summed E-state index contributed by atoms with van der Waals surface area (Å²) in [6.45, 7) is 6.75. The van der Waals surface area contributed by atoms with E-state index < -0.39 is 14.6 Å². The van der Waals surface area contributed by atoms with Gasteiger partial charge in [0.1, 0.15) is 10.6 Å². The second kappa shape index (κ2) is 13.0. The Kier molecular flexibility index (Phi) is 9.76. The van der Waals surface area contributed by atoms with Gasteiger partial charge < -0.3 is 30.1 Å². The van der Waals surface area contributed by atoms with Crippen molar-refractivity contribution in [3.63, 3.8) is 0 Å². The van der Waals surface area contributed by atoms with Gasteiger partial charge in [-0.25, -0.2) is 23.2 Å². The van der Waals surface area contributed by atoms with E-state index in [1.165, 1.54) is 0 Å². The molecule has 0 radical (unpaired) electrons. The van der Waals surface area contributed by atoms with Gasteiger partial charge in [-0.3, -0.25) is 0 Å². The Balaban J connectivity index is 1.77. The molecule has 0 aliphatic carbocycles. The summed E-state index contributed by atoms with van der Waals surface area (Å²) in [6, 6.07) is 8.77. The molecule has 3 N–H and O–H groups in total. The van der Waals surface area contributed by atoms with Gasteiger partial charge in [0, 0.05) is 50.2 Å². The predicted octanol–water partition coefficient (Wildman–Crippen LogP) is 2.70. The normalized spacial score (nSPS) is 19.5. The zero-order valence-corrected chi connectivity index (χ0v) is 23.5. The topological polar surface area (TPSA) is 143 Å². The van der Waals surface area contributed by atoms with Crippen molar-refractivity contribution < 1.29 is 27.8 Å². The lowest BCUT2D eigenvalue weighted by molar-refractivity contribution is 0.0729. The molecule has 0 saturated carbocycles. The second-order valence-electron chi connectivity index (χ2n) is 10.0. The number of morpholine rings is 1. The number of urea groups is 1. The van der Waals surface area contributed by atoms with Crippen LogP contribution in [0.2, 0.25) is 0 Å². The Hall–Kier alpha value is -2.80. The van der Waals surface area contributed by atoms with E-state index in [1.54, 1.807) is 18.2 Å². The fraction of sp³-hybridized carbons (Fsp3) is 0.593. The van der Waals surface area contributed by atoms with Crippen LogP contribution in [0.25, 0.3) is 11.4 Å². The lowest BCUT2D eigenvalue weighted by Gasteiger charge is -2.38. The van der Waals surface area contributed by atoms with Crippen LogP contribution in [0.1, 0.15) is 45.2 Å². The van der Waals surface area contributed by atoms with Crippen molar-refractivity contribution in [2.24, 2.45) is 0 Å². The Bertz CT molecular complexity index is 1220. The van der Waals surface area contributed by atoms with Crippen LogP contribution in [-0.2, 0) is 24.1 Å². The number of aromatic nitrogens is 2. The summed E-state index contributed by atoms with van der Waals surface area (Å²) in [7, 11) is -3.68. The molecule has 1 aromatic heterocycles. The second-order valence-corrected chi connectivity index (χ2v) is 12.4. The molecule has 3 heterocycles. The molecular formula is C27H39N5O6S. The van der Waals surface area contributed by atoms with E-state index in [2.05, 4.69) is 15.5 Å². The number of carbonyl (C=O) groups is 1. The van der Waals surface area contributed by atoms with E-state index in [1.807, 2.05) is 26.0 Å². The van der Waals surface area contributed by atoms with Crippen LogP contribution in [0.3, 0.4) is 0 Å². The highest BCUT2D eigenvalue weighted by molar-refractivity contribution is 7.92. The van der Waals surface area contributed by atoms with Gasteiger partial charge in [-0.15, -0.1) is 0 Å². The molecule has 1 aromatic carbocycles. The van der Waals surface area contributed by atoms with Gasteiger partial charge in [0.05, 0.1) is 30.7 Å². The Morgan fingerprint density at radius 2 is 1.90 bits per heavy atom. The SMILES string of the molecule is CCCNC(=O)Nc1ccc(-c2nc(N3CCOC[C@@H]3C)cc(C3(S(=O)(=O)CCCO)CCOCC3)n2)cc1. The molecular weight excluding hydrogens is 522 g/mol. The summed E-state index contributed by atoms with van der Waals surface area (Å²) in [4.78, 5) is 23.9. The van der Waals surface area contributed by atoms with Crippen molar-refractivity contribution in [3.05, 3.63) is 36.0 Å². The van der Waals surface area contributed by atoms with Crippen molar-refractivity contribution in [3.8, 4) is 11.4 Å². The molecule has 0 unspecified atom stereocenters. The molecule has 2 aromatic rings. The van der Waals surface area contributed by atoms with Crippen molar-refractivity contribution in [1.82, 2.24) is 15.3 Å². The van der Waals surface area contributed by atoms with Gasteiger partial charge in [0.15, 0.2) is 15.7 Å². The maximum absolute atomic E-state index is 13.8. The van der Waals surface area contributed by atoms with Gasteiger partial charge in [-0.05, 0) is 56.9 Å². The first-order valence-electron chi connectivity index (χ1n) is 13.6. The van der Waals surface area contributed by atoms with Crippen LogP contribution in [0, 0.1) is 0 Å². The quantitative estimate of drug-likeness (QED) is 0.399.